The van der Waals surface area contributed by atoms with Crippen molar-refractivity contribution < 1.29 is 308 Å². The molecule has 18 nitrogen and oxygen atoms in total. The van der Waals surface area contributed by atoms with Crippen LogP contribution in [0.4, 0.5) is 228 Å². The Kier molecular flexibility index (Phi) is 63.4. The third-order valence-corrected chi connectivity index (χ3v) is 4.75. The van der Waals surface area contributed by atoms with E-state index in [1.165, 1.54) is 0 Å². The molecule has 0 aromatic rings. The first-order chi connectivity index (χ1) is 44.9. The van der Waals surface area contributed by atoms with E-state index in [4.69, 9.17) is 42.1 Å². The molecule has 0 aliphatic heterocycles. The van der Waals surface area contributed by atoms with E-state index in [0.717, 1.165) is 0 Å². The molecule has 0 aliphatic rings. The highest BCUT2D eigenvalue weighted by Gasteiger charge is 2.69. The van der Waals surface area contributed by atoms with Crippen molar-refractivity contribution in [2.24, 2.45) is 0 Å². The summed E-state index contributed by atoms with van der Waals surface area (Å²) in [4.78, 5) is 0. The van der Waals surface area contributed by atoms with Crippen LogP contribution in [0, 0.1) is 0 Å². The van der Waals surface area contributed by atoms with Crippen LogP contribution in [0.1, 0.15) is 0 Å². The van der Waals surface area contributed by atoms with Gasteiger partial charge in [-0.1, -0.05) is 38.9 Å². The fourth-order valence-electron chi connectivity index (χ4n) is 1.91. The van der Waals surface area contributed by atoms with Gasteiger partial charge in [-0.05, 0) is 0 Å². The minimum absolute atomic E-state index is 0.500. The van der Waals surface area contributed by atoms with Crippen LogP contribution in [0.15, 0.2) is 36.1 Å². The minimum atomic E-state index is -6.30. The first-order valence-corrected chi connectivity index (χ1v) is 26.0. The second-order valence-corrected chi connectivity index (χ2v) is 16.4. The average Bonchev–Trinajstić information content (AvgIpc) is 0.802. The topological polar surface area (TPSA) is 245 Å². The van der Waals surface area contributed by atoms with Crippen LogP contribution >= 0.6 is 0 Å². The predicted octanol–water partition coefficient (Wildman–Crippen LogP) is 17.4. The normalized spacial score (nSPS) is 12.5. The van der Waals surface area contributed by atoms with E-state index < -0.39 is 223 Å². The summed E-state index contributed by atoms with van der Waals surface area (Å²) in [5.41, 5.74) is 0. The number of halogens is 53. The molecule has 642 valence electrons. The zero-order valence-corrected chi connectivity index (χ0v) is 49.9. The molecule has 0 radical (unpaired) electrons. The molecule has 0 fully saturated rings. The van der Waals surface area contributed by atoms with Crippen molar-refractivity contribution >= 4 is 53.0 Å². The van der Waals surface area contributed by atoms with Crippen LogP contribution < -0.4 is 0 Å². The summed E-state index contributed by atoms with van der Waals surface area (Å²) >= 11 is 0. The predicted molar refractivity (Wildman–Crippen MR) is 216 cm³/mol. The van der Waals surface area contributed by atoms with Gasteiger partial charge in [0.05, 0.1) is 7.18 Å². The number of rotatable bonds is 26. The van der Waals surface area contributed by atoms with E-state index in [1.54, 1.807) is 0 Å². The van der Waals surface area contributed by atoms with Crippen LogP contribution in [0.5, 0.6) is 0 Å². The summed E-state index contributed by atoms with van der Waals surface area (Å²) in [6, 6.07) is -4.32. The van der Waals surface area contributed by atoms with Gasteiger partial charge in [0.15, 0.2) is 46.9 Å². The number of ether oxygens (including phenoxy) is 8. The first kappa shape index (κ1) is 125. The van der Waals surface area contributed by atoms with Gasteiger partial charge in [0, 0.05) is 0 Å². The molecule has 0 bridgehead atoms. The summed E-state index contributed by atoms with van der Waals surface area (Å²) in [6.45, 7) is -22.5. The van der Waals surface area contributed by atoms with E-state index in [1.807, 2.05) is 0 Å². The fourth-order valence-corrected chi connectivity index (χ4v) is 1.91. The Balaban J connectivity index is -0.0000000925. The maximum atomic E-state index is 12.4. The Hall–Kier alpha value is -5.38. The van der Waals surface area contributed by atoms with Crippen molar-refractivity contribution in [2.75, 3.05) is 67.8 Å². The van der Waals surface area contributed by atoms with Gasteiger partial charge in [-0.25, -0.2) is 63.2 Å². The third-order valence-electron chi connectivity index (χ3n) is 4.75. The summed E-state index contributed by atoms with van der Waals surface area (Å²) < 4.78 is 701. The minimum Gasteiger partial charge on any atom is -0.435 e. The summed E-state index contributed by atoms with van der Waals surface area (Å²) in [6.07, 6.45) is -70.9. The molecule has 0 unspecified atom stereocenters. The van der Waals surface area contributed by atoms with Crippen molar-refractivity contribution in [1.82, 2.24) is 0 Å². The van der Waals surface area contributed by atoms with Crippen molar-refractivity contribution in [3.63, 3.8) is 0 Å². The molecule has 0 spiro atoms. The van der Waals surface area contributed by atoms with E-state index in [-0.39, 0.29) is 0 Å². The van der Waals surface area contributed by atoms with E-state index in [9.17, 15) is 228 Å². The molecule has 0 aromatic heterocycles. The van der Waals surface area contributed by atoms with Gasteiger partial charge in [-0.3, -0.25) is 9.13 Å². The third kappa shape index (κ3) is 92.7. The molecule has 0 aliphatic carbocycles. The summed E-state index contributed by atoms with van der Waals surface area (Å²) in [5.74, 6) is -8.50. The zero-order valence-electron chi connectivity index (χ0n) is 45.8. The standard InChI is InChI=1S/2C6H4F10O2.C5H4F8O.C4H2F6O.2C3H2F4O.CH3F.5F2O2S/c2*7-1-3(9,10)17-5(13,14)6(15,16)18-4(11,12)2-8;6-1-3(8,9)5(12,13)14-4(10,11)2-7;5-1-11-4(9,10)2(6)3(7)8;2*4-1-8-3(7)2(5)6;1-2;5*1-5(2,3)4/h2*1-2H2;1-2H2;1H2;2*1H2;1H3;;;;;. The van der Waals surface area contributed by atoms with Crippen LogP contribution in [0.25, 0.3) is 0 Å². The van der Waals surface area contributed by atoms with Gasteiger partial charge in [-0.15, -0.1) is 0 Å². The Bertz CT molecular complexity index is 2610. The second-order valence-electron chi connectivity index (χ2n) is 12.6. The molecule has 0 rings (SSSR count). The van der Waals surface area contributed by atoms with E-state index >= 15 is 0 Å². The van der Waals surface area contributed by atoms with E-state index in [0.29, 0.717) is 7.18 Å². The highest BCUT2D eigenvalue weighted by Crippen LogP contribution is 2.45. The van der Waals surface area contributed by atoms with Crippen LogP contribution in [0.3, 0.4) is 0 Å². The van der Waals surface area contributed by atoms with Crippen molar-refractivity contribution in [1.29, 1.82) is 0 Å². The summed E-state index contributed by atoms with van der Waals surface area (Å²) in [5, 5.41) is 0. The zero-order chi connectivity index (χ0) is 88.0. The smallest absolute Gasteiger partial charge is 0.435 e. The molecule has 0 atom stereocenters. The monoisotopic (exact) mass is 1810 g/mol. The quantitative estimate of drug-likeness (QED) is 0.0444. The van der Waals surface area contributed by atoms with Crippen LogP contribution in [0.2, 0.25) is 0 Å². The number of alkyl halides is 34. The fraction of sp³-hybridized carbons (Fsp3) is 0.786. The largest absolute Gasteiger partial charge is 0.476 e. The Morgan fingerprint density at radius 3 is 0.510 bits per heavy atom. The highest BCUT2D eigenvalue weighted by molar-refractivity contribution is 7.81. The lowest BCUT2D eigenvalue weighted by Gasteiger charge is -2.29. The Morgan fingerprint density at radius 1 is 0.260 bits per heavy atom. The lowest BCUT2D eigenvalue weighted by atomic mass is 10.3. The molecule has 0 saturated heterocycles. The van der Waals surface area contributed by atoms with Gasteiger partial charge < -0.3 is 9.47 Å². The molecule has 0 saturated carbocycles. The molecule has 76 heteroatoms. The molecule has 104 heavy (non-hydrogen) atoms. The molecule has 0 heterocycles. The van der Waals surface area contributed by atoms with Gasteiger partial charge in [-0.2, -0.15) is 187 Å². The van der Waals surface area contributed by atoms with Gasteiger partial charge in [0.2, 0.25) is 13.7 Å². The van der Waals surface area contributed by atoms with Crippen molar-refractivity contribution in [3.05, 3.63) is 36.1 Å². The van der Waals surface area contributed by atoms with Gasteiger partial charge in [0.25, 0.3) is 5.83 Å². The second kappa shape index (κ2) is 52.6. The number of hydrogen-bond acceptors (Lipinski definition) is 18. The Morgan fingerprint density at radius 2 is 0.413 bits per heavy atom. The van der Waals surface area contributed by atoms with Crippen molar-refractivity contribution in [2.45, 2.75) is 73.1 Å². The molecular weight excluding hydrogens is 1790 g/mol. The average molecular weight is 1810 g/mol. The van der Waals surface area contributed by atoms with E-state index in [2.05, 4.69) is 37.9 Å². The maximum absolute atomic E-state index is 12.4. The van der Waals surface area contributed by atoms with Crippen LogP contribution in [-0.2, 0) is 90.9 Å². The lowest BCUT2D eigenvalue weighted by Crippen LogP contribution is -2.52. The Labute approximate surface area is 537 Å². The van der Waals surface area contributed by atoms with Crippen molar-refractivity contribution in [3.8, 4) is 0 Å². The highest BCUT2D eigenvalue weighted by atomic mass is 32.3. The first-order valence-electron chi connectivity index (χ1n) is 19.6. The summed E-state index contributed by atoms with van der Waals surface area (Å²) in [7, 11) is -27.8. The molecular formula is C28H21F53O18S5. The van der Waals surface area contributed by atoms with Gasteiger partial charge in [0.1, 0.15) is 0 Å². The van der Waals surface area contributed by atoms with Gasteiger partial charge >= 0.3 is 156 Å². The SMILES string of the molecule is CF.FCC(F)(F)OC(F)(F)C(F)(F)CF.FCC(F)(F)OC(F)(F)C(F)(F)OC(F)(F)CF.FCC(F)(F)OC(F)(F)C(F)(F)OC(F)(F)CF.FCOC(F)(F)C(F)=C(F)F.FCOC(F)=C(F)F.FCOC(F)=C(F)F.O=S(=O)(F)F.O=S(=O)(F)F.O=S(=O)(F)F.O=S(=O)(F)F.O=S(=O)(F)F. The molecule has 0 N–H and O–H groups in total. The maximum Gasteiger partial charge on any atom is 0.476 e. The lowest BCUT2D eigenvalue weighted by molar-refractivity contribution is -0.513. The van der Waals surface area contributed by atoms with Crippen LogP contribution in [-0.4, -0.2) is 183 Å². The number of hydrogen-bond donors (Lipinski definition) is 0. The molecule has 0 aromatic carbocycles. The molecule has 0 amide bonds.